The second-order valence-electron chi connectivity index (χ2n) is 4.62. The summed E-state index contributed by atoms with van der Waals surface area (Å²) in [6.45, 7) is 5.15. The van der Waals surface area contributed by atoms with E-state index in [0.29, 0.717) is 12.1 Å². The number of halogens is 1. The molecule has 2 aromatic rings. The zero-order valence-corrected chi connectivity index (χ0v) is 13.4. The Morgan fingerprint density at radius 3 is 2.76 bits per heavy atom. The molecule has 0 atom stereocenters. The average molecular weight is 328 g/mol. The molecular formula is C14H17FN2O2S2. The second kappa shape index (κ2) is 6.55. The lowest BCUT2D eigenvalue weighted by Gasteiger charge is -2.09. The Labute approximate surface area is 128 Å². The lowest BCUT2D eigenvalue weighted by atomic mass is 10.2. The van der Waals surface area contributed by atoms with E-state index >= 15 is 0 Å². The van der Waals surface area contributed by atoms with E-state index in [9.17, 15) is 12.8 Å². The standard InChI is InChI=1S/C14H17FN2O2S2/c1-3-16-8-11-6-14(20-9-11)21(18,19)17-13-7-12(15)5-4-10(13)2/h4-7,9,16-17H,3,8H2,1-2H3. The lowest BCUT2D eigenvalue weighted by molar-refractivity contribution is 0.602. The monoisotopic (exact) mass is 328 g/mol. The number of hydrogen-bond donors (Lipinski definition) is 2. The molecule has 0 radical (unpaired) electrons. The molecule has 0 bridgehead atoms. The van der Waals surface area contributed by atoms with Crippen molar-refractivity contribution in [2.45, 2.75) is 24.6 Å². The highest BCUT2D eigenvalue weighted by atomic mass is 32.2. The Kier molecular flexibility index (Phi) is 4.97. The van der Waals surface area contributed by atoms with Crippen LogP contribution in [0.1, 0.15) is 18.1 Å². The Bertz CT molecular complexity index is 726. The summed E-state index contributed by atoms with van der Waals surface area (Å²) in [5.41, 5.74) is 1.85. The summed E-state index contributed by atoms with van der Waals surface area (Å²) >= 11 is 1.15. The normalized spacial score (nSPS) is 11.6. The molecule has 1 aromatic carbocycles. The fourth-order valence-corrected chi connectivity index (χ4v) is 4.09. The fraction of sp³-hybridized carbons (Fsp3) is 0.286. The van der Waals surface area contributed by atoms with Crippen LogP contribution in [-0.4, -0.2) is 15.0 Å². The first-order chi connectivity index (χ1) is 9.92. The van der Waals surface area contributed by atoms with Crippen LogP contribution in [0, 0.1) is 12.7 Å². The summed E-state index contributed by atoms with van der Waals surface area (Å²) in [4.78, 5) is 0. The molecule has 0 saturated carbocycles. The first-order valence-electron chi connectivity index (χ1n) is 6.49. The molecule has 114 valence electrons. The van der Waals surface area contributed by atoms with Gasteiger partial charge in [0.1, 0.15) is 10.0 Å². The SMILES string of the molecule is CCNCc1csc(S(=O)(=O)Nc2cc(F)ccc2C)c1. The van der Waals surface area contributed by atoms with E-state index in [1.165, 1.54) is 18.2 Å². The van der Waals surface area contributed by atoms with Gasteiger partial charge < -0.3 is 5.32 Å². The van der Waals surface area contributed by atoms with Crippen LogP contribution in [0.25, 0.3) is 0 Å². The van der Waals surface area contributed by atoms with Crippen LogP contribution in [0.3, 0.4) is 0 Å². The molecule has 0 amide bonds. The number of thiophene rings is 1. The Morgan fingerprint density at radius 1 is 1.29 bits per heavy atom. The van der Waals surface area contributed by atoms with Gasteiger partial charge in [0.05, 0.1) is 5.69 Å². The van der Waals surface area contributed by atoms with Gasteiger partial charge in [-0.1, -0.05) is 13.0 Å². The molecule has 1 aromatic heterocycles. The van der Waals surface area contributed by atoms with E-state index in [2.05, 4.69) is 10.0 Å². The number of aryl methyl sites for hydroxylation is 1. The number of rotatable bonds is 6. The van der Waals surface area contributed by atoms with Crippen molar-refractivity contribution in [1.29, 1.82) is 0 Å². The molecule has 2 N–H and O–H groups in total. The highest BCUT2D eigenvalue weighted by Crippen LogP contribution is 2.25. The highest BCUT2D eigenvalue weighted by molar-refractivity contribution is 7.94. The van der Waals surface area contributed by atoms with Gasteiger partial charge in [-0.3, -0.25) is 4.72 Å². The topological polar surface area (TPSA) is 58.2 Å². The maximum Gasteiger partial charge on any atom is 0.271 e. The largest absolute Gasteiger partial charge is 0.313 e. The molecule has 2 rings (SSSR count). The summed E-state index contributed by atoms with van der Waals surface area (Å²) in [5, 5.41) is 4.94. The zero-order valence-electron chi connectivity index (χ0n) is 11.8. The zero-order chi connectivity index (χ0) is 15.5. The van der Waals surface area contributed by atoms with E-state index in [-0.39, 0.29) is 9.90 Å². The van der Waals surface area contributed by atoms with Gasteiger partial charge in [0.15, 0.2) is 0 Å². The van der Waals surface area contributed by atoms with E-state index in [4.69, 9.17) is 0 Å². The predicted molar refractivity (Wildman–Crippen MR) is 83.6 cm³/mol. The molecule has 0 unspecified atom stereocenters. The molecule has 0 aliphatic carbocycles. The van der Waals surface area contributed by atoms with Crippen molar-refractivity contribution in [1.82, 2.24) is 5.32 Å². The lowest BCUT2D eigenvalue weighted by Crippen LogP contribution is -2.13. The van der Waals surface area contributed by atoms with Crippen molar-refractivity contribution in [3.8, 4) is 0 Å². The molecular weight excluding hydrogens is 311 g/mol. The molecule has 0 spiro atoms. The summed E-state index contributed by atoms with van der Waals surface area (Å²) in [5.74, 6) is -0.475. The first-order valence-corrected chi connectivity index (χ1v) is 8.86. The van der Waals surface area contributed by atoms with Crippen LogP contribution >= 0.6 is 11.3 Å². The highest BCUT2D eigenvalue weighted by Gasteiger charge is 2.18. The number of anilines is 1. The van der Waals surface area contributed by atoms with Crippen molar-refractivity contribution in [3.63, 3.8) is 0 Å². The van der Waals surface area contributed by atoms with Crippen LogP contribution in [0.15, 0.2) is 33.9 Å². The quantitative estimate of drug-likeness (QED) is 0.856. The minimum absolute atomic E-state index is 0.221. The third kappa shape index (κ3) is 4.03. The van der Waals surface area contributed by atoms with Gasteiger partial charge in [-0.15, -0.1) is 11.3 Å². The summed E-state index contributed by atoms with van der Waals surface area (Å²) in [7, 11) is -3.68. The Morgan fingerprint density at radius 2 is 2.05 bits per heavy atom. The van der Waals surface area contributed by atoms with Gasteiger partial charge in [-0.25, -0.2) is 12.8 Å². The number of benzene rings is 1. The van der Waals surface area contributed by atoms with Gasteiger partial charge in [-0.2, -0.15) is 0 Å². The van der Waals surface area contributed by atoms with Crippen LogP contribution in [0.5, 0.6) is 0 Å². The summed E-state index contributed by atoms with van der Waals surface area (Å²) < 4.78 is 40.5. The number of nitrogens with one attached hydrogen (secondary N) is 2. The molecule has 0 saturated heterocycles. The fourth-order valence-electron chi connectivity index (χ4n) is 1.76. The maximum absolute atomic E-state index is 13.2. The van der Waals surface area contributed by atoms with Crippen molar-refractivity contribution < 1.29 is 12.8 Å². The van der Waals surface area contributed by atoms with Crippen LogP contribution < -0.4 is 10.0 Å². The molecule has 0 fully saturated rings. The molecule has 21 heavy (non-hydrogen) atoms. The van der Waals surface area contributed by atoms with Crippen molar-refractivity contribution >= 4 is 27.0 Å². The van der Waals surface area contributed by atoms with E-state index < -0.39 is 15.8 Å². The van der Waals surface area contributed by atoms with Crippen molar-refractivity contribution in [3.05, 3.63) is 46.6 Å². The summed E-state index contributed by atoms with van der Waals surface area (Å²) in [6, 6.07) is 5.65. The second-order valence-corrected chi connectivity index (χ2v) is 7.44. The van der Waals surface area contributed by atoms with E-state index in [1.807, 2.05) is 6.92 Å². The number of hydrogen-bond acceptors (Lipinski definition) is 4. The average Bonchev–Trinajstić information content (AvgIpc) is 2.90. The number of sulfonamides is 1. The van der Waals surface area contributed by atoms with Gasteiger partial charge in [0.2, 0.25) is 0 Å². The maximum atomic E-state index is 13.2. The molecule has 0 aliphatic heterocycles. The van der Waals surface area contributed by atoms with E-state index in [1.54, 1.807) is 18.4 Å². The molecule has 1 heterocycles. The van der Waals surface area contributed by atoms with Gasteiger partial charge in [-0.05, 0) is 48.2 Å². The van der Waals surface area contributed by atoms with Gasteiger partial charge in [0.25, 0.3) is 10.0 Å². The Balaban J connectivity index is 2.22. The van der Waals surface area contributed by atoms with Crippen molar-refractivity contribution in [2.24, 2.45) is 0 Å². The first kappa shape index (κ1) is 15.9. The van der Waals surface area contributed by atoms with Crippen LogP contribution in [0.2, 0.25) is 0 Å². The minimum atomic E-state index is -3.68. The van der Waals surface area contributed by atoms with Gasteiger partial charge >= 0.3 is 0 Å². The molecule has 7 heteroatoms. The van der Waals surface area contributed by atoms with Crippen molar-refractivity contribution in [2.75, 3.05) is 11.3 Å². The third-order valence-corrected chi connectivity index (χ3v) is 5.77. The smallest absolute Gasteiger partial charge is 0.271 e. The van der Waals surface area contributed by atoms with E-state index in [0.717, 1.165) is 23.4 Å². The minimum Gasteiger partial charge on any atom is -0.313 e. The molecule has 0 aliphatic rings. The van der Waals surface area contributed by atoms with Crippen LogP contribution in [-0.2, 0) is 16.6 Å². The predicted octanol–water partition coefficient (Wildman–Crippen LogP) is 3.11. The van der Waals surface area contributed by atoms with Gasteiger partial charge in [0, 0.05) is 6.54 Å². The van der Waals surface area contributed by atoms with Crippen LogP contribution in [0.4, 0.5) is 10.1 Å². The third-order valence-electron chi connectivity index (χ3n) is 2.92. The Hall–Kier alpha value is -1.44. The summed E-state index contributed by atoms with van der Waals surface area (Å²) in [6.07, 6.45) is 0. The molecule has 4 nitrogen and oxygen atoms in total.